The third kappa shape index (κ3) is 2.60. The molecular weight excluding hydrogens is 240 g/mol. The zero-order chi connectivity index (χ0) is 14.2. The molecule has 1 aromatic carbocycles. The molecule has 3 nitrogen and oxygen atoms in total. The summed E-state index contributed by atoms with van der Waals surface area (Å²) in [6, 6.07) is 3.46. The predicted molar refractivity (Wildman–Crippen MR) is 73.4 cm³/mol. The maximum atomic E-state index is 12.1. The number of carbonyl (C=O) groups excluding carboxylic acids is 2. The lowest BCUT2D eigenvalue weighted by atomic mass is 9.78. The summed E-state index contributed by atoms with van der Waals surface area (Å²) in [6.07, 6.45) is 1.31. The third-order valence-electron chi connectivity index (χ3n) is 3.68. The van der Waals surface area contributed by atoms with Gasteiger partial charge in [-0.25, -0.2) is 0 Å². The van der Waals surface area contributed by atoms with E-state index in [0.717, 1.165) is 28.7 Å². The number of rotatable bonds is 2. The lowest BCUT2D eigenvalue weighted by Crippen LogP contribution is -2.22. The molecule has 0 heterocycles. The summed E-state index contributed by atoms with van der Waals surface area (Å²) >= 11 is 0. The maximum Gasteiger partial charge on any atom is 0.308 e. The van der Waals surface area contributed by atoms with E-state index in [1.807, 2.05) is 13.8 Å². The van der Waals surface area contributed by atoms with Crippen LogP contribution in [-0.2, 0) is 11.2 Å². The van der Waals surface area contributed by atoms with E-state index in [0.29, 0.717) is 12.2 Å². The Morgan fingerprint density at radius 2 is 2.00 bits per heavy atom. The normalized spacial score (nSPS) is 17.8. The van der Waals surface area contributed by atoms with Gasteiger partial charge in [-0.3, -0.25) is 9.59 Å². The Morgan fingerprint density at radius 1 is 1.32 bits per heavy atom. The number of Topliss-reactive ketones (excluding diaryl/α,β-unsaturated/α-hetero) is 1. The molecule has 1 atom stereocenters. The van der Waals surface area contributed by atoms with E-state index >= 15 is 0 Å². The van der Waals surface area contributed by atoms with E-state index in [2.05, 4.69) is 6.58 Å². The van der Waals surface area contributed by atoms with Gasteiger partial charge in [0.1, 0.15) is 5.75 Å². The van der Waals surface area contributed by atoms with Gasteiger partial charge < -0.3 is 4.74 Å². The fourth-order valence-corrected chi connectivity index (χ4v) is 2.53. The number of benzene rings is 1. The lowest BCUT2D eigenvalue weighted by Gasteiger charge is -2.26. The molecule has 0 saturated heterocycles. The molecule has 1 aliphatic rings. The van der Waals surface area contributed by atoms with Crippen LogP contribution < -0.4 is 4.74 Å². The SMILES string of the molecule is C=C(C)[C@@H]1CC(=O)c2ccc(OC(C)=O)c(C)c2C1. The van der Waals surface area contributed by atoms with E-state index < -0.39 is 0 Å². The van der Waals surface area contributed by atoms with Gasteiger partial charge in [0.05, 0.1) is 0 Å². The van der Waals surface area contributed by atoms with E-state index in [4.69, 9.17) is 4.74 Å². The number of esters is 1. The van der Waals surface area contributed by atoms with Crippen LogP contribution in [0.2, 0.25) is 0 Å². The number of hydrogen-bond donors (Lipinski definition) is 0. The lowest BCUT2D eigenvalue weighted by molar-refractivity contribution is -0.131. The Balaban J connectivity index is 2.46. The van der Waals surface area contributed by atoms with Crippen LogP contribution in [0.4, 0.5) is 0 Å². The van der Waals surface area contributed by atoms with Gasteiger partial charge in [0.2, 0.25) is 0 Å². The average molecular weight is 258 g/mol. The van der Waals surface area contributed by atoms with Gasteiger partial charge in [-0.05, 0) is 49.4 Å². The minimum Gasteiger partial charge on any atom is -0.426 e. The van der Waals surface area contributed by atoms with Crippen LogP contribution in [0.25, 0.3) is 0 Å². The van der Waals surface area contributed by atoms with Crippen LogP contribution in [0.5, 0.6) is 5.75 Å². The zero-order valence-corrected chi connectivity index (χ0v) is 11.6. The van der Waals surface area contributed by atoms with Gasteiger partial charge >= 0.3 is 5.97 Å². The fourth-order valence-electron chi connectivity index (χ4n) is 2.53. The van der Waals surface area contributed by atoms with E-state index in [-0.39, 0.29) is 17.7 Å². The molecule has 1 aliphatic carbocycles. The Hall–Kier alpha value is -1.90. The number of ketones is 1. The van der Waals surface area contributed by atoms with Crippen molar-refractivity contribution in [3.05, 3.63) is 41.0 Å². The minimum atomic E-state index is -0.346. The summed E-state index contributed by atoms with van der Waals surface area (Å²) < 4.78 is 5.17. The van der Waals surface area contributed by atoms with Gasteiger partial charge in [0.25, 0.3) is 0 Å². The first-order valence-corrected chi connectivity index (χ1v) is 6.39. The van der Waals surface area contributed by atoms with Crippen LogP contribution in [0.15, 0.2) is 24.3 Å². The van der Waals surface area contributed by atoms with E-state index in [1.54, 1.807) is 12.1 Å². The first kappa shape index (κ1) is 13.5. The second-order valence-electron chi connectivity index (χ2n) is 5.18. The molecule has 0 bridgehead atoms. The molecule has 0 amide bonds. The monoisotopic (exact) mass is 258 g/mol. The van der Waals surface area contributed by atoms with Crippen LogP contribution >= 0.6 is 0 Å². The summed E-state index contributed by atoms with van der Waals surface area (Å²) in [5.41, 5.74) is 3.65. The van der Waals surface area contributed by atoms with Gasteiger partial charge in [-0.15, -0.1) is 0 Å². The highest BCUT2D eigenvalue weighted by Crippen LogP contribution is 2.35. The number of allylic oxidation sites excluding steroid dienone is 1. The van der Waals surface area contributed by atoms with Crippen molar-refractivity contribution in [2.45, 2.75) is 33.6 Å². The molecule has 3 heteroatoms. The molecule has 1 aromatic rings. The molecule has 0 N–H and O–H groups in total. The van der Waals surface area contributed by atoms with Crippen molar-refractivity contribution in [3.63, 3.8) is 0 Å². The van der Waals surface area contributed by atoms with Crippen molar-refractivity contribution in [2.24, 2.45) is 5.92 Å². The zero-order valence-electron chi connectivity index (χ0n) is 11.6. The van der Waals surface area contributed by atoms with Crippen LogP contribution in [-0.4, -0.2) is 11.8 Å². The van der Waals surface area contributed by atoms with Crippen LogP contribution in [0.3, 0.4) is 0 Å². The van der Waals surface area contributed by atoms with Gasteiger partial charge in [0.15, 0.2) is 5.78 Å². The Labute approximate surface area is 113 Å². The summed E-state index contributed by atoms with van der Waals surface area (Å²) in [6.45, 7) is 9.17. The molecule has 0 aromatic heterocycles. The predicted octanol–water partition coefficient (Wildman–Crippen LogP) is 3.24. The van der Waals surface area contributed by atoms with Crippen molar-refractivity contribution in [1.29, 1.82) is 0 Å². The number of fused-ring (bicyclic) bond motifs is 1. The molecular formula is C16H18O3. The van der Waals surface area contributed by atoms with Crippen molar-refractivity contribution in [1.82, 2.24) is 0 Å². The van der Waals surface area contributed by atoms with Gasteiger partial charge in [-0.1, -0.05) is 12.2 Å². The Bertz CT molecular complexity index is 570. The second-order valence-corrected chi connectivity index (χ2v) is 5.18. The van der Waals surface area contributed by atoms with E-state index in [1.165, 1.54) is 6.92 Å². The summed E-state index contributed by atoms with van der Waals surface area (Å²) in [5, 5.41) is 0. The second kappa shape index (κ2) is 5.00. The number of hydrogen-bond acceptors (Lipinski definition) is 3. The first-order valence-electron chi connectivity index (χ1n) is 6.39. The summed E-state index contributed by atoms with van der Waals surface area (Å²) in [4.78, 5) is 23.2. The summed E-state index contributed by atoms with van der Waals surface area (Å²) in [7, 11) is 0. The third-order valence-corrected chi connectivity index (χ3v) is 3.68. The van der Waals surface area contributed by atoms with E-state index in [9.17, 15) is 9.59 Å². The quantitative estimate of drug-likeness (QED) is 0.464. The molecule has 100 valence electrons. The molecule has 19 heavy (non-hydrogen) atoms. The number of ether oxygens (including phenoxy) is 1. The highest BCUT2D eigenvalue weighted by atomic mass is 16.5. The van der Waals surface area contributed by atoms with Crippen molar-refractivity contribution >= 4 is 11.8 Å². The molecule has 0 saturated carbocycles. The molecule has 0 radical (unpaired) electrons. The Morgan fingerprint density at radius 3 is 2.58 bits per heavy atom. The summed E-state index contributed by atoms with van der Waals surface area (Å²) in [5.74, 6) is 0.529. The first-order chi connectivity index (χ1) is 8.90. The highest BCUT2D eigenvalue weighted by molar-refractivity contribution is 5.99. The molecule has 0 aliphatic heterocycles. The molecule has 2 rings (SSSR count). The minimum absolute atomic E-state index is 0.145. The van der Waals surface area contributed by atoms with Crippen LogP contribution in [0.1, 0.15) is 41.8 Å². The molecule has 0 unspecified atom stereocenters. The smallest absolute Gasteiger partial charge is 0.308 e. The van der Waals surface area contributed by atoms with Gasteiger partial charge in [-0.2, -0.15) is 0 Å². The fraction of sp³-hybridized carbons (Fsp3) is 0.375. The van der Waals surface area contributed by atoms with Crippen molar-refractivity contribution in [2.75, 3.05) is 0 Å². The van der Waals surface area contributed by atoms with Gasteiger partial charge in [0, 0.05) is 18.9 Å². The number of carbonyl (C=O) groups is 2. The van der Waals surface area contributed by atoms with Crippen LogP contribution in [0, 0.1) is 12.8 Å². The topological polar surface area (TPSA) is 43.4 Å². The Kier molecular flexibility index (Phi) is 3.56. The highest BCUT2D eigenvalue weighted by Gasteiger charge is 2.27. The molecule has 0 spiro atoms. The maximum absolute atomic E-state index is 12.1. The standard InChI is InChI=1S/C16H18O3/c1-9(2)12-7-14-10(3)16(19-11(4)17)6-5-13(14)15(18)8-12/h5-6,12H,1,7-8H2,2-4H3/t12-/m0/s1. The molecule has 0 fully saturated rings. The average Bonchev–Trinajstić information content (AvgIpc) is 2.32. The van der Waals surface area contributed by atoms with Crippen molar-refractivity contribution < 1.29 is 14.3 Å². The largest absolute Gasteiger partial charge is 0.426 e. The van der Waals surface area contributed by atoms with Crippen molar-refractivity contribution in [3.8, 4) is 5.75 Å².